The van der Waals surface area contributed by atoms with Crippen LogP contribution in [0.4, 0.5) is 4.39 Å². The molecule has 1 fully saturated rings. The first-order valence-corrected chi connectivity index (χ1v) is 9.78. The number of nitrogens with zero attached hydrogens (tertiary/aromatic N) is 2. The van der Waals surface area contributed by atoms with Gasteiger partial charge in [-0.15, -0.1) is 0 Å². The van der Waals surface area contributed by atoms with E-state index in [1.165, 1.54) is 23.1 Å². The van der Waals surface area contributed by atoms with Crippen molar-refractivity contribution in [1.29, 1.82) is 0 Å². The number of pyridine rings is 1. The number of benzene rings is 1. The normalized spacial score (nSPS) is 19.5. The maximum atomic E-state index is 13.3. The Morgan fingerprint density at radius 3 is 2.79 bits per heavy atom. The molecule has 0 N–H and O–H groups in total. The van der Waals surface area contributed by atoms with Crippen LogP contribution in [0.15, 0.2) is 24.3 Å². The zero-order valence-corrected chi connectivity index (χ0v) is 14.6. The minimum Gasteiger partial charge on any atom is -0.335 e. The van der Waals surface area contributed by atoms with E-state index < -0.39 is 15.7 Å². The molecule has 1 atom stereocenters. The van der Waals surface area contributed by atoms with Crippen LogP contribution in [0.1, 0.15) is 23.7 Å². The van der Waals surface area contributed by atoms with Crippen LogP contribution in [-0.4, -0.2) is 48.3 Å². The molecule has 24 heavy (non-hydrogen) atoms. The van der Waals surface area contributed by atoms with Gasteiger partial charge in [-0.1, -0.05) is 11.6 Å². The van der Waals surface area contributed by atoms with E-state index in [1.54, 1.807) is 13.0 Å². The molecule has 0 saturated carbocycles. The molecule has 3 rings (SSSR count). The minimum atomic E-state index is -3.10. The summed E-state index contributed by atoms with van der Waals surface area (Å²) in [4.78, 5) is 18.4. The summed E-state index contributed by atoms with van der Waals surface area (Å²) in [6.07, 6.45) is 0.422. The number of carbonyl (C=O) groups is 1. The Hall–Kier alpha value is -1.73. The largest absolute Gasteiger partial charge is 0.335 e. The molecule has 2 aromatic rings. The van der Waals surface area contributed by atoms with E-state index in [0.29, 0.717) is 23.9 Å². The third-order valence-electron chi connectivity index (χ3n) is 4.21. The molecule has 1 aromatic heterocycles. The van der Waals surface area contributed by atoms with E-state index in [0.717, 1.165) is 0 Å². The summed E-state index contributed by atoms with van der Waals surface area (Å²) in [5, 5.41) is 0.580. The van der Waals surface area contributed by atoms with Gasteiger partial charge < -0.3 is 4.90 Å². The highest BCUT2D eigenvalue weighted by Crippen LogP contribution is 2.25. The SMILES string of the molecule is CCN(C(=O)c1cc2ccc(F)cc2nc1Cl)C1CCS(=O)(=O)C1. The highest BCUT2D eigenvalue weighted by molar-refractivity contribution is 7.91. The van der Waals surface area contributed by atoms with Gasteiger partial charge in [-0.2, -0.15) is 0 Å². The van der Waals surface area contributed by atoms with Crippen molar-refractivity contribution >= 4 is 38.2 Å². The average Bonchev–Trinajstić information content (AvgIpc) is 2.87. The summed E-state index contributed by atoms with van der Waals surface area (Å²) < 4.78 is 36.6. The fourth-order valence-electron chi connectivity index (χ4n) is 3.01. The number of hydrogen-bond acceptors (Lipinski definition) is 4. The minimum absolute atomic E-state index is 0.0163. The molecule has 1 unspecified atom stereocenters. The number of sulfone groups is 1. The van der Waals surface area contributed by atoms with E-state index >= 15 is 0 Å². The Morgan fingerprint density at radius 2 is 2.17 bits per heavy atom. The molecule has 2 heterocycles. The monoisotopic (exact) mass is 370 g/mol. The zero-order chi connectivity index (χ0) is 17.5. The van der Waals surface area contributed by atoms with Crippen LogP contribution >= 0.6 is 11.6 Å². The summed E-state index contributed by atoms with van der Waals surface area (Å²) in [5.74, 6) is -0.735. The third kappa shape index (κ3) is 3.23. The van der Waals surface area contributed by atoms with Crippen LogP contribution in [0.5, 0.6) is 0 Å². The van der Waals surface area contributed by atoms with Crippen LogP contribution in [0.3, 0.4) is 0 Å². The second kappa shape index (κ2) is 6.29. The fraction of sp³-hybridized carbons (Fsp3) is 0.375. The van der Waals surface area contributed by atoms with Crippen molar-refractivity contribution in [2.24, 2.45) is 0 Å². The van der Waals surface area contributed by atoms with Gasteiger partial charge in [0, 0.05) is 24.0 Å². The third-order valence-corrected chi connectivity index (χ3v) is 6.25. The molecule has 0 spiro atoms. The van der Waals surface area contributed by atoms with Gasteiger partial charge in [-0.3, -0.25) is 4.79 Å². The highest BCUT2D eigenvalue weighted by Gasteiger charge is 2.35. The second-order valence-electron chi connectivity index (χ2n) is 5.81. The number of hydrogen-bond donors (Lipinski definition) is 0. The first-order valence-electron chi connectivity index (χ1n) is 7.58. The summed E-state index contributed by atoms with van der Waals surface area (Å²) in [6.45, 7) is 2.16. The number of fused-ring (bicyclic) bond motifs is 1. The predicted molar refractivity (Wildman–Crippen MR) is 90.5 cm³/mol. The van der Waals surface area contributed by atoms with Crippen molar-refractivity contribution in [2.45, 2.75) is 19.4 Å². The fourth-order valence-corrected chi connectivity index (χ4v) is 4.97. The van der Waals surface area contributed by atoms with Crippen LogP contribution < -0.4 is 0 Å². The molecule has 5 nitrogen and oxygen atoms in total. The van der Waals surface area contributed by atoms with Gasteiger partial charge in [0.15, 0.2) is 9.84 Å². The molecule has 0 aliphatic carbocycles. The molecule has 0 bridgehead atoms. The van der Waals surface area contributed by atoms with E-state index in [1.807, 2.05) is 0 Å². The number of rotatable bonds is 3. The van der Waals surface area contributed by atoms with Gasteiger partial charge in [0.25, 0.3) is 5.91 Å². The van der Waals surface area contributed by atoms with Crippen molar-refractivity contribution in [3.8, 4) is 0 Å². The van der Waals surface area contributed by atoms with Gasteiger partial charge in [0.2, 0.25) is 0 Å². The molecule has 1 amide bonds. The van der Waals surface area contributed by atoms with Gasteiger partial charge in [0.1, 0.15) is 11.0 Å². The number of carbonyl (C=O) groups excluding carboxylic acids is 1. The van der Waals surface area contributed by atoms with Gasteiger partial charge in [-0.25, -0.2) is 17.8 Å². The second-order valence-corrected chi connectivity index (χ2v) is 8.40. The number of amides is 1. The summed E-state index contributed by atoms with van der Waals surface area (Å²) in [5.41, 5.74) is 0.560. The van der Waals surface area contributed by atoms with Gasteiger partial charge in [-0.05, 0) is 31.5 Å². The molecule has 1 aliphatic rings. The predicted octanol–water partition coefficient (Wildman–Crippen LogP) is 2.68. The Morgan fingerprint density at radius 1 is 1.42 bits per heavy atom. The van der Waals surface area contributed by atoms with Crippen molar-refractivity contribution in [3.63, 3.8) is 0 Å². The molecule has 128 valence electrons. The summed E-state index contributed by atoms with van der Waals surface area (Å²) in [7, 11) is -3.10. The number of aromatic nitrogens is 1. The lowest BCUT2D eigenvalue weighted by molar-refractivity contribution is 0.0708. The van der Waals surface area contributed by atoms with E-state index in [9.17, 15) is 17.6 Å². The van der Waals surface area contributed by atoms with Crippen molar-refractivity contribution in [2.75, 3.05) is 18.1 Å². The Labute approximate surface area is 144 Å². The van der Waals surface area contributed by atoms with Crippen molar-refractivity contribution in [1.82, 2.24) is 9.88 Å². The highest BCUT2D eigenvalue weighted by atomic mass is 35.5. The molecule has 8 heteroatoms. The molecule has 0 radical (unpaired) electrons. The first-order chi connectivity index (χ1) is 11.3. The summed E-state index contributed by atoms with van der Waals surface area (Å²) >= 11 is 6.11. The van der Waals surface area contributed by atoms with Crippen molar-refractivity contribution < 1.29 is 17.6 Å². The Kier molecular flexibility index (Phi) is 4.48. The van der Waals surface area contributed by atoms with E-state index in [-0.39, 0.29) is 34.2 Å². The molecule has 1 saturated heterocycles. The lowest BCUT2D eigenvalue weighted by atomic mass is 10.1. The molecule has 1 aromatic carbocycles. The first kappa shape index (κ1) is 17.1. The van der Waals surface area contributed by atoms with Gasteiger partial charge in [0.05, 0.1) is 22.6 Å². The quantitative estimate of drug-likeness (QED) is 0.779. The average molecular weight is 371 g/mol. The van der Waals surface area contributed by atoms with Crippen LogP contribution in [0, 0.1) is 5.82 Å². The maximum absolute atomic E-state index is 13.3. The lowest BCUT2D eigenvalue weighted by Crippen LogP contribution is -2.41. The topological polar surface area (TPSA) is 67.3 Å². The molecular formula is C16H16ClFN2O3S. The lowest BCUT2D eigenvalue weighted by Gasteiger charge is -2.27. The summed E-state index contributed by atoms with van der Waals surface area (Å²) in [6, 6.07) is 5.27. The van der Waals surface area contributed by atoms with Crippen LogP contribution in [0.2, 0.25) is 5.15 Å². The van der Waals surface area contributed by atoms with Gasteiger partial charge >= 0.3 is 0 Å². The van der Waals surface area contributed by atoms with E-state index in [4.69, 9.17) is 11.6 Å². The van der Waals surface area contributed by atoms with Crippen molar-refractivity contribution in [3.05, 3.63) is 40.8 Å². The van der Waals surface area contributed by atoms with E-state index in [2.05, 4.69) is 4.98 Å². The number of halogens is 2. The Bertz CT molecular complexity index is 917. The maximum Gasteiger partial charge on any atom is 0.257 e. The molecular weight excluding hydrogens is 355 g/mol. The smallest absolute Gasteiger partial charge is 0.257 e. The standard InChI is InChI=1S/C16H16ClFN2O3S/c1-2-20(12-5-6-24(22,23)9-12)16(21)13-7-10-3-4-11(18)8-14(10)19-15(13)17/h3-4,7-8,12H,2,5-6,9H2,1H3. The zero-order valence-electron chi connectivity index (χ0n) is 13.0. The molecule has 1 aliphatic heterocycles. The Balaban J connectivity index is 1.97. The van der Waals surface area contributed by atoms with Crippen LogP contribution in [-0.2, 0) is 9.84 Å². The van der Waals surface area contributed by atoms with Crippen LogP contribution in [0.25, 0.3) is 10.9 Å².